The molecule has 1 rings (SSSR count). The summed E-state index contributed by atoms with van der Waals surface area (Å²) in [5, 5.41) is 3.39. The molecular weight excluding hydrogens is 252 g/mol. The van der Waals surface area contributed by atoms with Crippen molar-refractivity contribution in [3.63, 3.8) is 0 Å². The smallest absolute Gasteiger partial charge is 0.326 e. The van der Waals surface area contributed by atoms with E-state index in [9.17, 15) is 4.79 Å². The van der Waals surface area contributed by atoms with Crippen molar-refractivity contribution in [2.45, 2.75) is 71.4 Å². The number of hydrogen-bond donors (Lipinski definition) is 1. The summed E-state index contributed by atoms with van der Waals surface area (Å²) in [7, 11) is 0. The number of nitrogens with one attached hydrogen (secondary N) is 1. The van der Waals surface area contributed by atoms with E-state index in [1.54, 1.807) is 0 Å². The third-order valence-electron chi connectivity index (χ3n) is 3.96. The van der Waals surface area contributed by atoms with Crippen LogP contribution in [0.15, 0.2) is 0 Å². The molecule has 1 N–H and O–H groups in total. The Bertz CT molecular complexity index is 286. The fraction of sp³-hybridized carbons (Fsp3) is 0.938. The Morgan fingerprint density at radius 3 is 2.35 bits per heavy atom. The second kappa shape index (κ2) is 8.63. The molecule has 0 spiro atoms. The number of rotatable bonds is 7. The second-order valence-corrected chi connectivity index (χ2v) is 6.36. The van der Waals surface area contributed by atoms with E-state index in [1.165, 1.54) is 38.8 Å². The van der Waals surface area contributed by atoms with Crippen molar-refractivity contribution in [3.8, 4) is 0 Å². The minimum absolute atomic E-state index is 0.122. The first-order chi connectivity index (χ1) is 9.48. The number of likely N-dealkylation sites (tertiary alicyclic amines) is 1. The quantitative estimate of drug-likeness (QED) is 0.730. The molecule has 1 atom stereocenters. The van der Waals surface area contributed by atoms with Crippen LogP contribution in [0.1, 0.15) is 59.8 Å². The topological polar surface area (TPSA) is 41.6 Å². The van der Waals surface area contributed by atoms with E-state index in [2.05, 4.69) is 24.1 Å². The Balaban J connectivity index is 2.56. The predicted molar refractivity (Wildman–Crippen MR) is 82.8 cm³/mol. The second-order valence-electron chi connectivity index (χ2n) is 6.36. The van der Waals surface area contributed by atoms with Crippen LogP contribution in [0, 0.1) is 0 Å². The SMILES string of the molecule is CCOC(=O)C(C)(CCN1CCCCCC1)NC(C)C. The van der Waals surface area contributed by atoms with Crippen molar-refractivity contribution in [2.75, 3.05) is 26.2 Å². The van der Waals surface area contributed by atoms with Gasteiger partial charge in [-0.05, 0) is 60.0 Å². The summed E-state index contributed by atoms with van der Waals surface area (Å²) in [6, 6.07) is 0.272. The lowest BCUT2D eigenvalue weighted by Gasteiger charge is -2.33. The molecule has 1 unspecified atom stereocenters. The third-order valence-corrected chi connectivity index (χ3v) is 3.96. The highest BCUT2D eigenvalue weighted by molar-refractivity contribution is 5.80. The van der Waals surface area contributed by atoms with Gasteiger partial charge < -0.3 is 9.64 Å². The van der Waals surface area contributed by atoms with Crippen LogP contribution in [-0.4, -0.2) is 48.7 Å². The van der Waals surface area contributed by atoms with Crippen molar-refractivity contribution in [3.05, 3.63) is 0 Å². The summed E-state index contributed by atoms with van der Waals surface area (Å²) in [4.78, 5) is 14.7. The van der Waals surface area contributed by atoms with Gasteiger partial charge in [0, 0.05) is 12.6 Å². The van der Waals surface area contributed by atoms with E-state index in [1.807, 2.05) is 13.8 Å². The van der Waals surface area contributed by atoms with Crippen molar-refractivity contribution in [1.29, 1.82) is 0 Å². The lowest BCUT2D eigenvalue weighted by atomic mass is 9.96. The van der Waals surface area contributed by atoms with Crippen LogP contribution in [0.2, 0.25) is 0 Å². The van der Waals surface area contributed by atoms with Gasteiger partial charge in [0.1, 0.15) is 5.54 Å². The van der Waals surface area contributed by atoms with E-state index in [0.717, 1.165) is 13.0 Å². The van der Waals surface area contributed by atoms with Crippen molar-refractivity contribution < 1.29 is 9.53 Å². The first kappa shape index (κ1) is 17.4. The molecule has 20 heavy (non-hydrogen) atoms. The molecule has 1 aliphatic rings. The van der Waals surface area contributed by atoms with Crippen LogP contribution >= 0.6 is 0 Å². The summed E-state index contributed by atoms with van der Waals surface area (Å²) in [6.07, 6.45) is 6.07. The fourth-order valence-electron chi connectivity index (χ4n) is 2.90. The zero-order valence-corrected chi connectivity index (χ0v) is 13.7. The summed E-state index contributed by atoms with van der Waals surface area (Å²) < 4.78 is 5.25. The number of carbonyl (C=O) groups is 1. The molecule has 1 fully saturated rings. The first-order valence-electron chi connectivity index (χ1n) is 8.15. The number of esters is 1. The average Bonchev–Trinajstić information content (AvgIpc) is 2.64. The molecule has 0 amide bonds. The first-order valence-corrected chi connectivity index (χ1v) is 8.15. The summed E-state index contributed by atoms with van der Waals surface area (Å²) >= 11 is 0. The molecule has 1 aliphatic heterocycles. The molecule has 4 heteroatoms. The molecule has 118 valence electrons. The average molecular weight is 284 g/mol. The maximum atomic E-state index is 12.2. The highest BCUT2D eigenvalue weighted by atomic mass is 16.5. The van der Waals surface area contributed by atoms with Crippen molar-refractivity contribution >= 4 is 5.97 Å². The minimum atomic E-state index is -0.573. The highest BCUT2D eigenvalue weighted by Gasteiger charge is 2.35. The van der Waals surface area contributed by atoms with Gasteiger partial charge in [-0.3, -0.25) is 10.1 Å². The van der Waals surface area contributed by atoms with Gasteiger partial charge in [-0.25, -0.2) is 0 Å². The summed E-state index contributed by atoms with van der Waals surface area (Å²) in [5.74, 6) is -0.122. The van der Waals surface area contributed by atoms with Crippen LogP contribution in [-0.2, 0) is 9.53 Å². The van der Waals surface area contributed by atoms with E-state index < -0.39 is 5.54 Å². The highest BCUT2D eigenvalue weighted by Crippen LogP contribution is 2.17. The van der Waals surface area contributed by atoms with Gasteiger partial charge in [0.25, 0.3) is 0 Å². The van der Waals surface area contributed by atoms with Crippen molar-refractivity contribution in [2.24, 2.45) is 0 Å². The lowest BCUT2D eigenvalue weighted by molar-refractivity contribution is -0.151. The van der Waals surface area contributed by atoms with Gasteiger partial charge in [0.2, 0.25) is 0 Å². The monoisotopic (exact) mass is 284 g/mol. The standard InChI is InChI=1S/C16H32N2O2/c1-5-20-15(19)16(4,17-14(2)3)10-13-18-11-8-6-7-9-12-18/h14,17H,5-13H2,1-4H3. The molecule has 4 nitrogen and oxygen atoms in total. The van der Waals surface area contributed by atoms with Gasteiger partial charge in [-0.15, -0.1) is 0 Å². The van der Waals surface area contributed by atoms with Gasteiger partial charge in [0.15, 0.2) is 0 Å². The molecule has 0 aromatic carbocycles. The Morgan fingerprint density at radius 1 is 1.25 bits per heavy atom. The van der Waals surface area contributed by atoms with Gasteiger partial charge in [-0.1, -0.05) is 12.8 Å². The zero-order valence-electron chi connectivity index (χ0n) is 13.7. The molecule has 0 radical (unpaired) electrons. The fourth-order valence-corrected chi connectivity index (χ4v) is 2.90. The van der Waals surface area contributed by atoms with Crippen LogP contribution in [0.3, 0.4) is 0 Å². The Labute approximate surface area is 124 Å². The van der Waals surface area contributed by atoms with Crippen molar-refractivity contribution in [1.82, 2.24) is 10.2 Å². The minimum Gasteiger partial charge on any atom is -0.465 e. The summed E-state index contributed by atoms with van der Waals surface area (Å²) in [5.41, 5.74) is -0.573. The summed E-state index contributed by atoms with van der Waals surface area (Å²) in [6.45, 7) is 11.7. The third kappa shape index (κ3) is 5.80. The van der Waals surface area contributed by atoms with Crippen LogP contribution in [0.5, 0.6) is 0 Å². The molecular formula is C16H32N2O2. The molecule has 1 saturated heterocycles. The molecule has 0 bridgehead atoms. The Hall–Kier alpha value is -0.610. The van der Waals surface area contributed by atoms with E-state index in [4.69, 9.17) is 4.74 Å². The molecule has 0 saturated carbocycles. The number of hydrogen-bond acceptors (Lipinski definition) is 4. The zero-order chi connectivity index (χ0) is 15.0. The maximum absolute atomic E-state index is 12.2. The Morgan fingerprint density at radius 2 is 1.85 bits per heavy atom. The Kier molecular flexibility index (Phi) is 7.52. The molecule has 0 aromatic rings. The molecule has 1 heterocycles. The number of carbonyl (C=O) groups excluding carboxylic acids is 1. The van der Waals surface area contributed by atoms with Crippen LogP contribution < -0.4 is 5.32 Å². The largest absolute Gasteiger partial charge is 0.465 e. The number of ether oxygens (including phenoxy) is 1. The van der Waals surface area contributed by atoms with Gasteiger partial charge >= 0.3 is 5.97 Å². The maximum Gasteiger partial charge on any atom is 0.326 e. The van der Waals surface area contributed by atoms with Gasteiger partial charge in [-0.2, -0.15) is 0 Å². The lowest BCUT2D eigenvalue weighted by Crippen LogP contribution is -2.54. The number of nitrogens with zero attached hydrogens (tertiary/aromatic N) is 1. The van der Waals surface area contributed by atoms with E-state index in [-0.39, 0.29) is 12.0 Å². The van der Waals surface area contributed by atoms with Crippen LogP contribution in [0.4, 0.5) is 0 Å². The van der Waals surface area contributed by atoms with E-state index >= 15 is 0 Å². The van der Waals surface area contributed by atoms with E-state index in [0.29, 0.717) is 6.61 Å². The van der Waals surface area contributed by atoms with Crippen LogP contribution in [0.25, 0.3) is 0 Å². The normalized spacial score (nSPS) is 20.4. The molecule has 0 aliphatic carbocycles. The van der Waals surface area contributed by atoms with Gasteiger partial charge in [0.05, 0.1) is 6.61 Å². The molecule has 0 aromatic heterocycles. The predicted octanol–water partition coefficient (Wildman–Crippen LogP) is 2.57.